The van der Waals surface area contributed by atoms with Crippen LogP contribution in [-0.2, 0) is 16.2 Å². The van der Waals surface area contributed by atoms with Crippen LogP contribution in [0.3, 0.4) is 0 Å². The third-order valence-electron chi connectivity index (χ3n) is 13.3. The second-order valence-corrected chi connectivity index (χ2v) is 17.2. The van der Waals surface area contributed by atoms with E-state index in [1.165, 1.54) is 91.0 Å². The van der Waals surface area contributed by atoms with Gasteiger partial charge in [-0.05, 0) is 147 Å². The van der Waals surface area contributed by atoms with Gasteiger partial charge >= 0.3 is 0 Å². The topological polar surface area (TPSA) is 0 Å². The van der Waals surface area contributed by atoms with Gasteiger partial charge < -0.3 is 0 Å². The zero-order chi connectivity index (χ0) is 38.3. The fourth-order valence-electron chi connectivity index (χ4n) is 10.9. The van der Waals surface area contributed by atoms with Crippen molar-refractivity contribution in [3.05, 3.63) is 178 Å². The lowest BCUT2D eigenvalue weighted by molar-refractivity contribution is 0.627. The molecule has 0 unspecified atom stereocenters. The van der Waals surface area contributed by atoms with Gasteiger partial charge in [0.2, 0.25) is 0 Å². The van der Waals surface area contributed by atoms with Gasteiger partial charge in [0.05, 0.1) is 0 Å². The summed E-state index contributed by atoms with van der Waals surface area (Å²) >= 11 is 0. The Morgan fingerprint density at radius 1 is 0.418 bits per heavy atom. The molecule has 0 atom stereocenters. The highest BCUT2D eigenvalue weighted by atomic mass is 19.1. The molecule has 7 aromatic carbocycles. The van der Waals surface area contributed by atoms with E-state index in [0.29, 0.717) is 0 Å². The zero-order valence-corrected chi connectivity index (χ0v) is 32.2. The summed E-state index contributed by atoms with van der Waals surface area (Å²) in [6.45, 7) is 23.0. The predicted molar refractivity (Wildman–Crippen MR) is 228 cm³/mol. The first-order valence-corrected chi connectivity index (χ1v) is 19.2. The number of fused-ring (bicyclic) bond motifs is 13. The molecule has 10 rings (SSSR count). The monoisotopic (exact) mass is 716 g/mol. The smallest absolute Gasteiger partial charge is 0.123 e. The van der Waals surface area contributed by atoms with Crippen molar-refractivity contribution < 1.29 is 8.78 Å². The maximum atomic E-state index is 14.5. The van der Waals surface area contributed by atoms with Crippen molar-refractivity contribution in [1.82, 2.24) is 0 Å². The first kappa shape index (κ1) is 33.7. The number of halogens is 2. The molecule has 0 N–H and O–H groups in total. The van der Waals surface area contributed by atoms with Crippen molar-refractivity contribution in [2.24, 2.45) is 0 Å². The number of hydrogen-bond donors (Lipinski definition) is 0. The molecule has 3 aliphatic rings. The van der Waals surface area contributed by atoms with E-state index in [9.17, 15) is 8.78 Å². The van der Waals surface area contributed by atoms with Crippen LogP contribution >= 0.6 is 0 Å². The highest BCUT2D eigenvalue weighted by Gasteiger charge is 2.52. The van der Waals surface area contributed by atoms with Gasteiger partial charge in [0.1, 0.15) is 11.6 Å². The second kappa shape index (κ2) is 11.1. The molecule has 3 aliphatic carbocycles. The van der Waals surface area contributed by atoms with Crippen LogP contribution in [0.4, 0.5) is 8.78 Å². The lowest BCUT2D eigenvalue weighted by atomic mass is 9.71. The molecular formula is C53H42F2. The van der Waals surface area contributed by atoms with Gasteiger partial charge in [0, 0.05) is 16.2 Å². The van der Waals surface area contributed by atoms with Crippen molar-refractivity contribution in [2.45, 2.75) is 57.8 Å². The molecule has 0 radical (unpaired) electrons. The fourth-order valence-corrected chi connectivity index (χ4v) is 10.9. The van der Waals surface area contributed by atoms with Crippen molar-refractivity contribution >= 4 is 22.9 Å². The van der Waals surface area contributed by atoms with Crippen LogP contribution in [0, 0.1) is 11.6 Å². The standard InChI is InChI=1S/C53H42F2/c1-9-33-34(10-2)44(30-21-25-32(55)26-22-30)38-28-42-39(27-37(38)43(33)29-19-23-31(54)24-20-29)47-49-45(35-15-11-14-18-41(35)52(49,5)6)48-46(50(47)53(42,7)8)36-16-12-13-17-40(36)51(48,3)4/h9-28H,1-2H2,3-8H3. The molecule has 0 spiro atoms. The van der Waals surface area contributed by atoms with Gasteiger partial charge in [0.15, 0.2) is 0 Å². The summed E-state index contributed by atoms with van der Waals surface area (Å²) in [6, 6.07) is 36.3. The van der Waals surface area contributed by atoms with E-state index in [1.807, 2.05) is 36.4 Å². The molecule has 2 heteroatoms. The molecule has 0 saturated heterocycles. The summed E-state index contributed by atoms with van der Waals surface area (Å²) in [6.07, 6.45) is 3.77. The Hall–Kier alpha value is -5.86. The Labute approximate surface area is 322 Å². The molecule has 55 heavy (non-hydrogen) atoms. The van der Waals surface area contributed by atoms with E-state index in [2.05, 4.69) is 115 Å². The minimum absolute atomic E-state index is 0.211. The molecule has 0 fully saturated rings. The van der Waals surface area contributed by atoms with Crippen LogP contribution in [0.2, 0.25) is 0 Å². The lowest BCUT2D eigenvalue weighted by Gasteiger charge is -2.31. The Balaban J connectivity index is 1.43. The molecule has 0 aliphatic heterocycles. The van der Waals surface area contributed by atoms with E-state index in [1.54, 1.807) is 0 Å². The lowest BCUT2D eigenvalue weighted by Crippen LogP contribution is -2.22. The van der Waals surface area contributed by atoms with E-state index in [4.69, 9.17) is 0 Å². The first-order chi connectivity index (χ1) is 26.3. The number of rotatable bonds is 4. The van der Waals surface area contributed by atoms with Crippen LogP contribution in [-0.4, -0.2) is 0 Å². The zero-order valence-electron chi connectivity index (χ0n) is 32.2. The maximum Gasteiger partial charge on any atom is 0.123 e. The first-order valence-electron chi connectivity index (χ1n) is 19.2. The summed E-state index contributed by atoms with van der Waals surface area (Å²) in [7, 11) is 0. The quantitative estimate of drug-likeness (QED) is 0.170. The van der Waals surface area contributed by atoms with Gasteiger partial charge in [-0.15, -0.1) is 0 Å². The Bertz CT molecular complexity index is 2860. The minimum Gasteiger partial charge on any atom is -0.207 e. The van der Waals surface area contributed by atoms with Gasteiger partial charge in [-0.1, -0.05) is 140 Å². The Morgan fingerprint density at radius 3 is 1.20 bits per heavy atom. The average Bonchev–Trinajstić information content (AvgIpc) is 3.66. The molecular weight excluding hydrogens is 675 g/mol. The normalized spacial score (nSPS) is 15.9. The predicted octanol–water partition coefficient (Wildman–Crippen LogP) is 14.7. The highest BCUT2D eigenvalue weighted by molar-refractivity contribution is 6.15. The van der Waals surface area contributed by atoms with Crippen LogP contribution in [0.1, 0.15) is 86.1 Å². The van der Waals surface area contributed by atoms with E-state index < -0.39 is 0 Å². The summed E-state index contributed by atoms with van der Waals surface area (Å²) in [4.78, 5) is 0. The molecule has 268 valence electrons. The van der Waals surface area contributed by atoms with Crippen LogP contribution < -0.4 is 0 Å². The summed E-state index contributed by atoms with van der Waals surface area (Å²) in [5.74, 6) is -0.571. The van der Waals surface area contributed by atoms with E-state index in [0.717, 1.165) is 44.2 Å². The van der Waals surface area contributed by atoms with Crippen molar-refractivity contribution in [2.75, 3.05) is 0 Å². The van der Waals surface area contributed by atoms with Crippen molar-refractivity contribution in [3.63, 3.8) is 0 Å². The Kier molecular flexibility index (Phi) is 6.80. The molecule has 0 heterocycles. The average molecular weight is 717 g/mol. The second-order valence-electron chi connectivity index (χ2n) is 17.2. The molecule has 7 aromatic rings. The largest absolute Gasteiger partial charge is 0.207 e. The summed E-state index contributed by atoms with van der Waals surface area (Å²) in [5, 5.41) is 2.08. The maximum absolute atomic E-state index is 14.5. The summed E-state index contributed by atoms with van der Waals surface area (Å²) in [5.41, 5.74) is 20.8. The molecule has 0 nitrogen and oxygen atoms in total. The molecule has 0 bridgehead atoms. The third kappa shape index (κ3) is 4.20. The SMILES string of the molecule is C=Cc1c(C=C)c(-c2ccc(F)cc2)c2cc3c(cc2c1-c1ccc(F)cc1)-c1c2c(c4c(c1C3(C)C)-c1ccccc1C4(C)C)-c1ccccc1C2(C)C. The molecule has 0 saturated carbocycles. The van der Waals surface area contributed by atoms with E-state index >= 15 is 0 Å². The van der Waals surface area contributed by atoms with Crippen LogP contribution in [0.25, 0.3) is 78.6 Å². The van der Waals surface area contributed by atoms with Crippen LogP contribution in [0.15, 0.2) is 122 Å². The van der Waals surface area contributed by atoms with Gasteiger partial charge in [-0.3, -0.25) is 0 Å². The third-order valence-corrected chi connectivity index (χ3v) is 13.3. The Morgan fingerprint density at radius 2 is 0.782 bits per heavy atom. The number of benzene rings is 7. The minimum atomic E-state index is -0.377. The van der Waals surface area contributed by atoms with Gasteiger partial charge in [-0.25, -0.2) is 8.78 Å². The fraction of sp³-hybridized carbons (Fsp3) is 0.170. The highest BCUT2D eigenvalue weighted by Crippen LogP contribution is 2.67. The van der Waals surface area contributed by atoms with Gasteiger partial charge in [0.25, 0.3) is 0 Å². The number of hydrogen-bond acceptors (Lipinski definition) is 0. The van der Waals surface area contributed by atoms with Crippen molar-refractivity contribution in [1.29, 1.82) is 0 Å². The van der Waals surface area contributed by atoms with Crippen LogP contribution in [0.5, 0.6) is 0 Å². The molecule has 0 aromatic heterocycles. The van der Waals surface area contributed by atoms with E-state index in [-0.39, 0.29) is 27.9 Å². The molecule has 0 amide bonds. The van der Waals surface area contributed by atoms with Crippen molar-refractivity contribution in [3.8, 4) is 55.6 Å². The van der Waals surface area contributed by atoms with Gasteiger partial charge in [-0.2, -0.15) is 0 Å². The summed E-state index contributed by atoms with van der Waals surface area (Å²) < 4.78 is 29.0.